The molecule has 0 aliphatic carbocycles. The SMILES string of the molecule is CC\C=C/C(=C\C=C\C(C)NC=O)OC. The summed E-state index contributed by atoms with van der Waals surface area (Å²) in [5, 5.41) is 2.62. The first-order valence-electron chi connectivity index (χ1n) is 5.03. The number of carbonyl (C=O) groups is 1. The summed E-state index contributed by atoms with van der Waals surface area (Å²) in [5.41, 5.74) is 0. The first-order valence-corrected chi connectivity index (χ1v) is 5.03. The highest BCUT2D eigenvalue weighted by Crippen LogP contribution is 1.99. The van der Waals surface area contributed by atoms with Crippen molar-refractivity contribution in [2.45, 2.75) is 26.3 Å². The quantitative estimate of drug-likeness (QED) is 0.396. The van der Waals surface area contributed by atoms with E-state index in [4.69, 9.17) is 4.74 Å². The van der Waals surface area contributed by atoms with Crippen molar-refractivity contribution < 1.29 is 9.53 Å². The zero-order valence-electron chi connectivity index (χ0n) is 9.57. The zero-order valence-corrected chi connectivity index (χ0v) is 9.57. The highest BCUT2D eigenvalue weighted by molar-refractivity contribution is 5.47. The van der Waals surface area contributed by atoms with Gasteiger partial charge < -0.3 is 10.1 Å². The Kier molecular flexibility index (Phi) is 8.15. The fraction of sp³-hybridized carbons (Fsp3) is 0.417. The lowest BCUT2D eigenvalue weighted by Gasteiger charge is -2.01. The van der Waals surface area contributed by atoms with Crippen molar-refractivity contribution in [3.63, 3.8) is 0 Å². The Labute approximate surface area is 91.5 Å². The van der Waals surface area contributed by atoms with Crippen molar-refractivity contribution in [1.82, 2.24) is 5.32 Å². The summed E-state index contributed by atoms with van der Waals surface area (Å²) in [7, 11) is 1.63. The molecule has 1 N–H and O–H groups in total. The molecule has 0 saturated carbocycles. The van der Waals surface area contributed by atoms with Crippen LogP contribution in [0.2, 0.25) is 0 Å². The Bertz CT molecular complexity index is 254. The highest BCUT2D eigenvalue weighted by Gasteiger charge is 1.90. The van der Waals surface area contributed by atoms with Crippen LogP contribution in [0.4, 0.5) is 0 Å². The number of ether oxygens (including phenoxy) is 1. The molecule has 84 valence electrons. The number of methoxy groups -OCH3 is 1. The summed E-state index contributed by atoms with van der Waals surface area (Å²) in [6, 6.07) is 0.0343. The topological polar surface area (TPSA) is 38.3 Å². The van der Waals surface area contributed by atoms with Crippen LogP contribution < -0.4 is 5.32 Å². The van der Waals surface area contributed by atoms with Gasteiger partial charge in [-0.2, -0.15) is 0 Å². The molecule has 0 saturated heterocycles. The van der Waals surface area contributed by atoms with Gasteiger partial charge in [-0.25, -0.2) is 0 Å². The van der Waals surface area contributed by atoms with Crippen LogP contribution in [0.1, 0.15) is 20.3 Å². The van der Waals surface area contributed by atoms with Crippen LogP contribution in [0.25, 0.3) is 0 Å². The van der Waals surface area contributed by atoms with E-state index in [2.05, 4.69) is 12.2 Å². The number of carbonyl (C=O) groups excluding carboxylic acids is 1. The van der Waals surface area contributed by atoms with Crippen LogP contribution >= 0.6 is 0 Å². The van der Waals surface area contributed by atoms with Crippen molar-refractivity contribution in [2.75, 3.05) is 7.11 Å². The first-order chi connectivity index (χ1) is 7.24. The third-order valence-corrected chi connectivity index (χ3v) is 1.74. The third kappa shape index (κ3) is 7.55. The number of nitrogens with one attached hydrogen (secondary N) is 1. The van der Waals surface area contributed by atoms with Crippen molar-refractivity contribution in [1.29, 1.82) is 0 Å². The maximum Gasteiger partial charge on any atom is 0.207 e. The van der Waals surface area contributed by atoms with Crippen molar-refractivity contribution in [3.05, 3.63) is 36.1 Å². The Morgan fingerprint density at radius 2 is 2.27 bits per heavy atom. The van der Waals surface area contributed by atoms with E-state index in [1.54, 1.807) is 7.11 Å². The minimum absolute atomic E-state index is 0.0343. The average Bonchev–Trinajstić information content (AvgIpc) is 2.23. The van der Waals surface area contributed by atoms with E-state index >= 15 is 0 Å². The van der Waals surface area contributed by atoms with Crippen LogP contribution in [-0.2, 0) is 9.53 Å². The second-order valence-corrected chi connectivity index (χ2v) is 3.04. The third-order valence-electron chi connectivity index (χ3n) is 1.74. The molecule has 0 bridgehead atoms. The van der Waals surface area contributed by atoms with Gasteiger partial charge in [0.2, 0.25) is 6.41 Å². The summed E-state index contributed by atoms with van der Waals surface area (Å²) < 4.78 is 5.13. The molecular weight excluding hydrogens is 190 g/mol. The van der Waals surface area contributed by atoms with Gasteiger partial charge in [0.05, 0.1) is 7.11 Å². The molecule has 0 heterocycles. The summed E-state index contributed by atoms with van der Waals surface area (Å²) in [6.07, 6.45) is 11.2. The van der Waals surface area contributed by atoms with Crippen LogP contribution in [0.3, 0.4) is 0 Å². The summed E-state index contributed by atoms with van der Waals surface area (Å²) in [6.45, 7) is 3.96. The minimum atomic E-state index is 0.0343. The lowest BCUT2D eigenvalue weighted by Crippen LogP contribution is -2.21. The zero-order chi connectivity index (χ0) is 11.5. The number of allylic oxidation sites excluding steroid dienone is 4. The molecule has 1 unspecified atom stereocenters. The van der Waals surface area contributed by atoms with E-state index in [0.29, 0.717) is 6.41 Å². The maximum atomic E-state index is 10.1. The van der Waals surface area contributed by atoms with Gasteiger partial charge >= 0.3 is 0 Å². The molecule has 0 rings (SSSR count). The number of hydrogen-bond donors (Lipinski definition) is 1. The van der Waals surface area contributed by atoms with Crippen molar-refractivity contribution in [2.24, 2.45) is 0 Å². The van der Waals surface area contributed by atoms with E-state index in [9.17, 15) is 4.79 Å². The predicted molar refractivity (Wildman–Crippen MR) is 62.3 cm³/mol. The van der Waals surface area contributed by atoms with Crippen molar-refractivity contribution >= 4 is 6.41 Å². The van der Waals surface area contributed by atoms with E-state index in [0.717, 1.165) is 12.2 Å². The molecule has 0 aromatic heterocycles. The molecule has 3 heteroatoms. The fourth-order valence-corrected chi connectivity index (χ4v) is 0.906. The standard InChI is InChI=1S/C12H19NO2/c1-4-5-8-12(15-3)9-6-7-11(2)13-10-14/h5-11H,4H2,1-3H3,(H,13,14)/b7-6+,8-5-,12-9+. The second kappa shape index (κ2) is 9.06. The van der Waals surface area contributed by atoms with Crippen LogP contribution in [0.5, 0.6) is 0 Å². The lowest BCUT2D eigenvalue weighted by atomic mass is 10.3. The summed E-state index contributed by atoms with van der Waals surface area (Å²) in [4.78, 5) is 10.1. The predicted octanol–water partition coefficient (Wildman–Crippen LogP) is 2.17. The molecular formula is C12H19NO2. The number of hydrogen-bond acceptors (Lipinski definition) is 2. The molecule has 0 aromatic carbocycles. The molecule has 0 aromatic rings. The molecule has 0 spiro atoms. The number of amides is 1. The Morgan fingerprint density at radius 1 is 1.53 bits per heavy atom. The maximum absolute atomic E-state index is 10.1. The van der Waals surface area contributed by atoms with Gasteiger partial charge in [0.25, 0.3) is 0 Å². The van der Waals surface area contributed by atoms with Crippen LogP contribution in [0.15, 0.2) is 36.1 Å². The highest BCUT2D eigenvalue weighted by atomic mass is 16.5. The van der Waals surface area contributed by atoms with Gasteiger partial charge in [-0.05, 0) is 25.5 Å². The Hall–Kier alpha value is -1.51. The molecule has 0 aliphatic rings. The fourth-order valence-electron chi connectivity index (χ4n) is 0.906. The van der Waals surface area contributed by atoms with Gasteiger partial charge in [-0.3, -0.25) is 4.79 Å². The summed E-state index contributed by atoms with van der Waals surface area (Å²) in [5.74, 6) is 0.798. The van der Waals surface area contributed by atoms with Crippen LogP contribution in [-0.4, -0.2) is 19.6 Å². The molecule has 0 radical (unpaired) electrons. The molecule has 15 heavy (non-hydrogen) atoms. The van der Waals surface area contributed by atoms with Crippen molar-refractivity contribution in [3.8, 4) is 0 Å². The molecule has 3 nitrogen and oxygen atoms in total. The number of rotatable bonds is 7. The van der Waals surface area contributed by atoms with E-state index in [1.807, 2.05) is 37.3 Å². The molecule has 1 atom stereocenters. The monoisotopic (exact) mass is 209 g/mol. The molecule has 1 amide bonds. The smallest absolute Gasteiger partial charge is 0.207 e. The summed E-state index contributed by atoms with van der Waals surface area (Å²) >= 11 is 0. The second-order valence-electron chi connectivity index (χ2n) is 3.04. The average molecular weight is 209 g/mol. The minimum Gasteiger partial charge on any atom is -0.497 e. The molecule has 0 fully saturated rings. The van der Waals surface area contributed by atoms with E-state index in [-0.39, 0.29) is 6.04 Å². The van der Waals surface area contributed by atoms with Gasteiger partial charge in [-0.1, -0.05) is 25.2 Å². The van der Waals surface area contributed by atoms with Gasteiger partial charge in [0, 0.05) is 6.04 Å². The van der Waals surface area contributed by atoms with Gasteiger partial charge in [-0.15, -0.1) is 0 Å². The molecule has 0 aliphatic heterocycles. The Morgan fingerprint density at radius 3 is 2.80 bits per heavy atom. The normalized spacial score (nSPS) is 14.5. The van der Waals surface area contributed by atoms with E-state index < -0.39 is 0 Å². The Balaban J connectivity index is 4.20. The lowest BCUT2D eigenvalue weighted by molar-refractivity contribution is -0.109. The first kappa shape index (κ1) is 13.5. The van der Waals surface area contributed by atoms with Gasteiger partial charge in [0.1, 0.15) is 5.76 Å². The van der Waals surface area contributed by atoms with Crippen LogP contribution in [0, 0.1) is 0 Å². The van der Waals surface area contributed by atoms with E-state index in [1.165, 1.54) is 0 Å². The largest absolute Gasteiger partial charge is 0.497 e. The van der Waals surface area contributed by atoms with Gasteiger partial charge in [0.15, 0.2) is 0 Å².